The molecule has 0 unspecified atom stereocenters. The number of carbonyl (C=O) groups is 1. The van der Waals surface area contributed by atoms with Crippen LogP contribution in [-0.4, -0.2) is 42.7 Å². The molecule has 2 fully saturated rings. The number of aromatic amines is 1. The van der Waals surface area contributed by atoms with Crippen LogP contribution in [0.3, 0.4) is 0 Å². The summed E-state index contributed by atoms with van der Waals surface area (Å²) >= 11 is 0. The Morgan fingerprint density at radius 1 is 1.13 bits per heavy atom. The van der Waals surface area contributed by atoms with E-state index in [0.717, 1.165) is 12.0 Å². The summed E-state index contributed by atoms with van der Waals surface area (Å²) in [6.07, 6.45) is 0.754. The van der Waals surface area contributed by atoms with E-state index in [1.807, 2.05) is 6.92 Å². The fourth-order valence-electron chi connectivity index (χ4n) is 4.85. The third-order valence-electron chi connectivity index (χ3n) is 6.75. The zero-order chi connectivity index (χ0) is 21.9. The van der Waals surface area contributed by atoms with Gasteiger partial charge in [0.05, 0.1) is 4.90 Å². The first-order valence-corrected chi connectivity index (χ1v) is 11.8. The van der Waals surface area contributed by atoms with E-state index >= 15 is 0 Å². The minimum absolute atomic E-state index is 0.0710. The van der Waals surface area contributed by atoms with Crippen molar-refractivity contribution in [2.45, 2.75) is 31.2 Å². The van der Waals surface area contributed by atoms with Gasteiger partial charge < -0.3 is 10.3 Å². The molecule has 2 heterocycles. The highest BCUT2D eigenvalue weighted by molar-refractivity contribution is 7.89. The van der Waals surface area contributed by atoms with E-state index in [4.69, 9.17) is 0 Å². The van der Waals surface area contributed by atoms with Gasteiger partial charge in [-0.1, -0.05) is 17.7 Å². The molecule has 3 atom stereocenters. The molecule has 0 radical (unpaired) electrons. The molecule has 0 bridgehead atoms. The molecule has 1 saturated heterocycles. The number of sulfonamides is 1. The quantitative estimate of drug-likeness (QED) is 0.651. The molecule has 3 aromatic rings. The molecule has 1 amide bonds. The summed E-state index contributed by atoms with van der Waals surface area (Å²) in [5.41, 5.74) is 2.86. The summed E-state index contributed by atoms with van der Waals surface area (Å²) in [4.78, 5) is 16.3. The second-order valence-corrected chi connectivity index (χ2v) is 10.6. The van der Waals surface area contributed by atoms with E-state index in [0.29, 0.717) is 40.1 Å². The molecule has 2 aliphatic rings. The van der Waals surface area contributed by atoms with Crippen LogP contribution in [0.4, 0.5) is 4.39 Å². The summed E-state index contributed by atoms with van der Waals surface area (Å²) in [5.74, 6) is -0.226. The zero-order valence-electron chi connectivity index (χ0n) is 17.4. The third-order valence-corrected chi connectivity index (χ3v) is 8.60. The van der Waals surface area contributed by atoms with Crippen LogP contribution in [0.5, 0.6) is 0 Å². The molecular formula is C23H24FN3O3S. The van der Waals surface area contributed by atoms with Crippen molar-refractivity contribution in [3.8, 4) is 0 Å². The number of amides is 1. The highest BCUT2D eigenvalue weighted by atomic mass is 32.2. The van der Waals surface area contributed by atoms with Crippen molar-refractivity contribution in [2.75, 3.05) is 13.1 Å². The number of nitrogens with one attached hydrogen (secondary N) is 2. The summed E-state index contributed by atoms with van der Waals surface area (Å²) in [6.45, 7) is 4.61. The topological polar surface area (TPSA) is 82.3 Å². The fraction of sp³-hybridized carbons (Fsp3) is 0.348. The third kappa shape index (κ3) is 3.34. The smallest absolute Gasteiger partial charge is 0.268 e. The molecule has 0 spiro atoms. The fourth-order valence-corrected chi connectivity index (χ4v) is 6.39. The predicted octanol–water partition coefficient (Wildman–Crippen LogP) is 3.36. The Bertz CT molecular complexity index is 1280. The summed E-state index contributed by atoms with van der Waals surface area (Å²) in [7, 11) is -3.53. The van der Waals surface area contributed by atoms with Crippen LogP contribution >= 0.6 is 0 Å². The number of fused-ring (bicyclic) bond motifs is 2. The first-order chi connectivity index (χ1) is 14.7. The molecule has 1 saturated carbocycles. The van der Waals surface area contributed by atoms with Crippen molar-refractivity contribution in [1.29, 1.82) is 0 Å². The van der Waals surface area contributed by atoms with Gasteiger partial charge in [0.25, 0.3) is 5.91 Å². The van der Waals surface area contributed by atoms with Crippen molar-refractivity contribution in [2.24, 2.45) is 11.8 Å². The van der Waals surface area contributed by atoms with Crippen molar-refractivity contribution < 1.29 is 17.6 Å². The van der Waals surface area contributed by atoms with Gasteiger partial charge in [-0.15, -0.1) is 0 Å². The van der Waals surface area contributed by atoms with Crippen molar-refractivity contribution in [3.05, 3.63) is 65.1 Å². The molecule has 8 heteroatoms. The number of aromatic nitrogens is 1. The minimum Gasteiger partial charge on any atom is -0.350 e. The summed E-state index contributed by atoms with van der Waals surface area (Å²) in [5, 5.41) is 3.74. The molecule has 31 heavy (non-hydrogen) atoms. The number of benzene rings is 2. The molecule has 1 aromatic heterocycles. The number of nitrogens with zero attached hydrogens (tertiary/aromatic N) is 1. The molecule has 5 rings (SSSR count). The van der Waals surface area contributed by atoms with Crippen LogP contribution < -0.4 is 5.32 Å². The number of hydrogen-bond donors (Lipinski definition) is 2. The lowest BCUT2D eigenvalue weighted by Gasteiger charge is -2.39. The van der Waals surface area contributed by atoms with Crippen LogP contribution in [-0.2, 0) is 10.0 Å². The molecule has 6 nitrogen and oxygen atoms in total. The standard InChI is InChI=1S/C23H24FN3O3S/c1-13-3-6-17(7-4-13)31(29,30)27-11-15-9-21(19(15)12-27)26-23(28)22-14(2)18-10-16(24)5-8-20(18)25-22/h3-8,10,15,19,21,25H,9,11-12H2,1-2H3,(H,26,28)/t15-,19+,21+/m1/s1. The van der Waals surface area contributed by atoms with Gasteiger partial charge >= 0.3 is 0 Å². The first-order valence-electron chi connectivity index (χ1n) is 10.4. The van der Waals surface area contributed by atoms with E-state index in [-0.39, 0.29) is 29.6 Å². The molecule has 1 aliphatic heterocycles. The van der Waals surface area contributed by atoms with E-state index in [1.54, 1.807) is 37.3 Å². The lowest BCUT2D eigenvalue weighted by Crippen LogP contribution is -2.52. The van der Waals surface area contributed by atoms with Crippen LogP contribution in [0.1, 0.15) is 28.0 Å². The highest BCUT2D eigenvalue weighted by Crippen LogP contribution is 2.43. The second kappa shape index (κ2) is 7.17. The largest absolute Gasteiger partial charge is 0.350 e. The average molecular weight is 442 g/mol. The number of carbonyl (C=O) groups excluding carboxylic acids is 1. The van der Waals surface area contributed by atoms with Crippen LogP contribution in [0, 0.1) is 31.5 Å². The van der Waals surface area contributed by atoms with Gasteiger partial charge in [0.1, 0.15) is 11.5 Å². The minimum atomic E-state index is -3.53. The molecule has 2 N–H and O–H groups in total. The van der Waals surface area contributed by atoms with Crippen molar-refractivity contribution in [1.82, 2.24) is 14.6 Å². The maximum atomic E-state index is 13.6. The Balaban J connectivity index is 1.29. The second-order valence-electron chi connectivity index (χ2n) is 8.69. The molecular weight excluding hydrogens is 417 g/mol. The summed E-state index contributed by atoms with van der Waals surface area (Å²) < 4.78 is 41.1. The van der Waals surface area contributed by atoms with Gasteiger partial charge in [-0.05, 0) is 68.0 Å². The lowest BCUT2D eigenvalue weighted by molar-refractivity contribution is 0.0828. The monoisotopic (exact) mass is 441 g/mol. The predicted molar refractivity (Wildman–Crippen MR) is 116 cm³/mol. The average Bonchev–Trinajstić information content (AvgIpc) is 3.24. The van der Waals surface area contributed by atoms with Gasteiger partial charge in [0, 0.05) is 30.0 Å². The van der Waals surface area contributed by atoms with E-state index in [9.17, 15) is 17.6 Å². The molecule has 162 valence electrons. The van der Waals surface area contributed by atoms with E-state index in [1.165, 1.54) is 16.4 Å². The van der Waals surface area contributed by atoms with Crippen LogP contribution in [0.25, 0.3) is 10.9 Å². The Hall–Kier alpha value is -2.71. The van der Waals surface area contributed by atoms with E-state index in [2.05, 4.69) is 10.3 Å². The van der Waals surface area contributed by atoms with E-state index < -0.39 is 10.0 Å². The normalized spacial score (nSPS) is 23.5. The van der Waals surface area contributed by atoms with Crippen LogP contribution in [0.2, 0.25) is 0 Å². The van der Waals surface area contributed by atoms with Crippen molar-refractivity contribution >= 4 is 26.8 Å². The van der Waals surface area contributed by atoms with Gasteiger partial charge in [-0.25, -0.2) is 12.8 Å². The Morgan fingerprint density at radius 2 is 1.87 bits per heavy atom. The highest BCUT2D eigenvalue weighted by Gasteiger charge is 2.50. The zero-order valence-corrected chi connectivity index (χ0v) is 18.2. The molecule has 1 aliphatic carbocycles. The number of hydrogen-bond acceptors (Lipinski definition) is 3. The van der Waals surface area contributed by atoms with Crippen molar-refractivity contribution in [3.63, 3.8) is 0 Å². The van der Waals surface area contributed by atoms with Gasteiger partial charge in [0.2, 0.25) is 10.0 Å². The Labute approximate surface area is 180 Å². The van der Waals surface area contributed by atoms with Gasteiger partial charge in [-0.2, -0.15) is 4.31 Å². The SMILES string of the molecule is Cc1ccc(S(=O)(=O)N2C[C@H]3C[C@H](NC(=O)c4[nH]c5ccc(F)cc5c4C)[C@H]3C2)cc1. The Kier molecular flexibility index (Phi) is 4.67. The maximum Gasteiger partial charge on any atom is 0.268 e. The van der Waals surface area contributed by atoms with Crippen LogP contribution in [0.15, 0.2) is 47.4 Å². The van der Waals surface area contributed by atoms with Gasteiger partial charge in [-0.3, -0.25) is 4.79 Å². The number of rotatable bonds is 4. The molecule has 2 aromatic carbocycles. The first kappa shape index (κ1) is 20.2. The number of halogens is 1. The summed E-state index contributed by atoms with van der Waals surface area (Å²) in [6, 6.07) is 11.2. The number of aryl methyl sites for hydroxylation is 2. The van der Waals surface area contributed by atoms with Gasteiger partial charge in [0.15, 0.2) is 0 Å². The lowest BCUT2D eigenvalue weighted by atomic mass is 9.71. The Morgan fingerprint density at radius 3 is 2.61 bits per heavy atom. The number of H-pyrrole nitrogens is 1. The maximum absolute atomic E-state index is 13.6.